The van der Waals surface area contributed by atoms with Gasteiger partial charge in [0, 0.05) is 49.6 Å². The molecule has 1 aliphatic heterocycles. The van der Waals surface area contributed by atoms with Crippen LogP contribution in [-0.4, -0.2) is 53.0 Å². The standard InChI is InChI=1S/C22H30Cl2N2O2/c1-15-13-25(7-8-26(15)22(28)17-5-3-4-6-17)14-19-10-20(24)9-18(16(19)2)11-21(27)12-23/h9-10,15,17H,3-8,11-14H2,1-2H3/t15-/m0/s1. The number of ketones is 1. The number of Topliss-reactive ketones (excluding diaryl/α,β-unsaturated/α-hetero) is 1. The summed E-state index contributed by atoms with van der Waals surface area (Å²) in [6, 6.07) is 4.08. The Hall–Kier alpha value is -1.10. The SMILES string of the molecule is Cc1c(CC(=O)CCl)cc(Cl)cc1CN1CCN(C(=O)C2CCCC2)[C@@H](C)C1. The van der Waals surface area contributed by atoms with E-state index in [1.165, 1.54) is 12.8 Å². The van der Waals surface area contributed by atoms with E-state index in [0.29, 0.717) is 17.4 Å². The van der Waals surface area contributed by atoms with Crippen molar-refractivity contribution in [2.45, 2.75) is 58.5 Å². The summed E-state index contributed by atoms with van der Waals surface area (Å²) >= 11 is 12.0. The van der Waals surface area contributed by atoms with Gasteiger partial charge in [-0.1, -0.05) is 24.4 Å². The van der Waals surface area contributed by atoms with E-state index in [-0.39, 0.29) is 23.6 Å². The van der Waals surface area contributed by atoms with Gasteiger partial charge in [-0.3, -0.25) is 14.5 Å². The quantitative estimate of drug-likeness (QED) is 0.641. The Morgan fingerprint density at radius 3 is 2.46 bits per heavy atom. The van der Waals surface area contributed by atoms with Crippen LogP contribution in [0.5, 0.6) is 0 Å². The smallest absolute Gasteiger partial charge is 0.226 e. The normalized spacial score (nSPS) is 21.3. The van der Waals surface area contributed by atoms with Crippen molar-refractivity contribution in [2.24, 2.45) is 5.92 Å². The molecule has 1 saturated heterocycles. The molecular weight excluding hydrogens is 395 g/mol. The molecule has 1 atom stereocenters. The van der Waals surface area contributed by atoms with Gasteiger partial charge in [0.2, 0.25) is 5.91 Å². The number of nitrogens with zero attached hydrogens (tertiary/aromatic N) is 2. The highest BCUT2D eigenvalue weighted by Gasteiger charge is 2.33. The summed E-state index contributed by atoms with van der Waals surface area (Å²) in [5, 5.41) is 0.654. The summed E-state index contributed by atoms with van der Waals surface area (Å²) < 4.78 is 0. The van der Waals surface area contributed by atoms with Gasteiger partial charge >= 0.3 is 0 Å². The third kappa shape index (κ3) is 5.08. The van der Waals surface area contributed by atoms with Gasteiger partial charge in [-0.25, -0.2) is 0 Å². The zero-order chi connectivity index (χ0) is 20.3. The minimum atomic E-state index is 0.00523. The van der Waals surface area contributed by atoms with Crippen molar-refractivity contribution in [1.82, 2.24) is 9.80 Å². The number of rotatable bonds is 6. The summed E-state index contributed by atoms with van der Waals surface area (Å²) in [7, 11) is 0. The second kappa shape index (κ2) is 9.60. The van der Waals surface area contributed by atoms with Crippen LogP contribution >= 0.6 is 23.2 Å². The van der Waals surface area contributed by atoms with E-state index in [9.17, 15) is 9.59 Å². The lowest BCUT2D eigenvalue weighted by Crippen LogP contribution is -2.54. The molecule has 2 aliphatic rings. The van der Waals surface area contributed by atoms with E-state index < -0.39 is 0 Å². The van der Waals surface area contributed by atoms with Gasteiger partial charge in [0.05, 0.1) is 5.88 Å². The fraction of sp³-hybridized carbons (Fsp3) is 0.636. The summed E-state index contributed by atoms with van der Waals surface area (Å²) in [6.07, 6.45) is 4.80. The Bertz CT molecular complexity index is 731. The fourth-order valence-electron chi connectivity index (χ4n) is 4.56. The molecule has 0 radical (unpaired) electrons. The van der Waals surface area contributed by atoms with Crippen LogP contribution in [-0.2, 0) is 22.6 Å². The van der Waals surface area contributed by atoms with Gasteiger partial charge in [-0.2, -0.15) is 0 Å². The van der Waals surface area contributed by atoms with Crippen molar-refractivity contribution < 1.29 is 9.59 Å². The number of carbonyl (C=O) groups is 2. The van der Waals surface area contributed by atoms with Gasteiger partial charge < -0.3 is 4.90 Å². The van der Waals surface area contributed by atoms with Gasteiger partial charge in [0.15, 0.2) is 5.78 Å². The monoisotopic (exact) mass is 424 g/mol. The summed E-state index contributed by atoms with van der Waals surface area (Å²) in [6.45, 7) is 7.49. The van der Waals surface area contributed by atoms with E-state index in [1.54, 1.807) is 0 Å². The molecule has 6 heteroatoms. The number of halogens is 2. The summed E-state index contributed by atoms with van der Waals surface area (Å²) in [4.78, 5) is 29.0. The summed E-state index contributed by atoms with van der Waals surface area (Å²) in [5.74, 6) is 0.623. The topological polar surface area (TPSA) is 40.6 Å². The molecule has 0 unspecified atom stereocenters. The number of amides is 1. The third-order valence-electron chi connectivity index (χ3n) is 6.22. The molecule has 1 aliphatic carbocycles. The van der Waals surface area contributed by atoms with E-state index in [0.717, 1.165) is 55.7 Å². The molecule has 2 fully saturated rings. The molecule has 1 aromatic rings. The van der Waals surface area contributed by atoms with Gasteiger partial charge in [0.1, 0.15) is 0 Å². The van der Waals surface area contributed by atoms with Crippen molar-refractivity contribution in [2.75, 3.05) is 25.5 Å². The van der Waals surface area contributed by atoms with Crippen LogP contribution in [0.2, 0.25) is 5.02 Å². The highest BCUT2D eigenvalue weighted by atomic mass is 35.5. The number of piperazine rings is 1. The van der Waals surface area contributed by atoms with Crippen LogP contribution in [0.25, 0.3) is 0 Å². The largest absolute Gasteiger partial charge is 0.337 e. The van der Waals surface area contributed by atoms with Crippen molar-refractivity contribution in [3.05, 3.63) is 33.8 Å². The Morgan fingerprint density at radius 2 is 1.82 bits per heavy atom. The van der Waals surface area contributed by atoms with Crippen LogP contribution in [0.1, 0.15) is 49.3 Å². The first-order valence-electron chi connectivity index (χ1n) is 10.3. The Labute approximate surface area is 178 Å². The number of carbonyl (C=O) groups excluding carboxylic acids is 2. The first-order valence-corrected chi connectivity index (χ1v) is 11.2. The van der Waals surface area contributed by atoms with E-state index in [4.69, 9.17) is 23.2 Å². The maximum atomic E-state index is 12.8. The average molecular weight is 425 g/mol. The molecule has 3 rings (SSSR count). The number of hydrogen-bond acceptors (Lipinski definition) is 3. The minimum absolute atomic E-state index is 0.00523. The van der Waals surface area contributed by atoms with Crippen LogP contribution in [0.15, 0.2) is 12.1 Å². The van der Waals surface area contributed by atoms with Crippen molar-refractivity contribution in [3.63, 3.8) is 0 Å². The lowest BCUT2D eigenvalue weighted by molar-refractivity contribution is -0.140. The van der Waals surface area contributed by atoms with Crippen LogP contribution in [0.4, 0.5) is 0 Å². The second-order valence-electron chi connectivity index (χ2n) is 8.30. The van der Waals surface area contributed by atoms with Crippen LogP contribution in [0.3, 0.4) is 0 Å². The molecule has 0 bridgehead atoms. The summed E-state index contributed by atoms with van der Waals surface area (Å²) in [5.41, 5.74) is 3.21. The molecule has 4 nitrogen and oxygen atoms in total. The lowest BCUT2D eigenvalue weighted by Gasteiger charge is -2.41. The van der Waals surface area contributed by atoms with Crippen LogP contribution in [0, 0.1) is 12.8 Å². The van der Waals surface area contributed by atoms with Crippen molar-refractivity contribution in [1.29, 1.82) is 0 Å². The van der Waals surface area contributed by atoms with E-state index >= 15 is 0 Å². The molecule has 1 amide bonds. The zero-order valence-corrected chi connectivity index (χ0v) is 18.4. The van der Waals surface area contributed by atoms with Crippen molar-refractivity contribution >= 4 is 34.9 Å². The predicted molar refractivity (Wildman–Crippen MR) is 114 cm³/mol. The molecule has 1 saturated carbocycles. The second-order valence-corrected chi connectivity index (χ2v) is 9.00. The highest BCUT2D eigenvalue weighted by Crippen LogP contribution is 2.29. The van der Waals surface area contributed by atoms with Crippen LogP contribution < -0.4 is 0 Å². The first kappa shape index (κ1) is 21.6. The molecule has 0 spiro atoms. The maximum absolute atomic E-state index is 12.8. The Kier molecular flexibility index (Phi) is 7.41. The first-order chi connectivity index (χ1) is 13.4. The zero-order valence-electron chi connectivity index (χ0n) is 16.8. The molecule has 1 aromatic carbocycles. The minimum Gasteiger partial charge on any atom is -0.337 e. The highest BCUT2D eigenvalue weighted by molar-refractivity contribution is 6.31. The number of hydrogen-bond donors (Lipinski definition) is 0. The maximum Gasteiger partial charge on any atom is 0.226 e. The Balaban J connectivity index is 1.65. The van der Waals surface area contributed by atoms with Gasteiger partial charge in [0.25, 0.3) is 0 Å². The molecular formula is C22H30Cl2N2O2. The number of alkyl halides is 1. The predicted octanol–water partition coefficient (Wildman–Crippen LogP) is 4.22. The lowest BCUT2D eigenvalue weighted by atomic mass is 9.97. The average Bonchev–Trinajstić information content (AvgIpc) is 3.19. The van der Waals surface area contributed by atoms with E-state index in [1.807, 2.05) is 19.1 Å². The van der Waals surface area contributed by atoms with Crippen molar-refractivity contribution in [3.8, 4) is 0 Å². The number of benzene rings is 1. The molecule has 154 valence electrons. The molecule has 1 heterocycles. The molecule has 28 heavy (non-hydrogen) atoms. The molecule has 0 aromatic heterocycles. The van der Waals surface area contributed by atoms with Gasteiger partial charge in [-0.05, 0) is 55.5 Å². The third-order valence-corrected chi connectivity index (χ3v) is 6.73. The van der Waals surface area contributed by atoms with E-state index in [2.05, 4.69) is 16.7 Å². The fourth-order valence-corrected chi connectivity index (χ4v) is 4.91. The Morgan fingerprint density at radius 1 is 1.14 bits per heavy atom. The van der Waals surface area contributed by atoms with Gasteiger partial charge in [-0.15, -0.1) is 11.6 Å². The molecule has 0 N–H and O–H groups in total.